The lowest BCUT2D eigenvalue weighted by Gasteiger charge is -2.06. The summed E-state index contributed by atoms with van der Waals surface area (Å²) in [6.07, 6.45) is 0. The topological polar surface area (TPSA) is 9.23 Å². The van der Waals surface area contributed by atoms with Crippen molar-refractivity contribution in [1.29, 1.82) is 0 Å². The Balaban J connectivity index is 1.89. The molecule has 0 amide bonds. The lowest BCUT2D eigenvalue weighted by atomic mass is 10.0. The Morgan fingerprint density at radius 1 is 0.500 bits per heavy atom. The maximum atomic E-state index is 5.10. The largest absolute Gasteiger partial charge is 0.480 e. The molecular formula is C18H15OP. The highest BCUT2D eigenvalue weighted by Crippen LogP contribution is 2.26. The average molecular weight is 278 g/mol. The smallest absolute Gasteiger partial charge is 0.122 e. The Labute approximate surface area is 121 Å². The first-order valence-electron chi connectivity index (χ1n) is 6.49. The standard InChI is InChI=1S/C18H15OP/c20-19-18-12-10-17(11-13-18)16-8-6-15(7-9-16)14-4-2-1-3-5-14/h1-13H,20H2. The molecule has 1 unspecified atom stereocenters. The fourth-order valence-corrected chi connectivity index (χ4v) is 2.37. The van der Waals surface area contributed by atoms with E-state index in [1.54, 1.807) is 0 Å². The van der Waals surface area contributed by atoms with Gasteiger partial charge in [0.15, 0.2) is 0 Å². The van der Waals surface area contributed by atoms with Crippen LogP contribution in [0.2, 0.25) is 0 Å². The summed E-state index contributed by atoms with van der Waals surface area (Å²) >= 11 is 0. The minimum atomic E-state index is 0.847. The number of rotatable bonds is 3. The maximum absolute atomic E-state index is 5.10. The molecule has 0 aliphatic carbocycles. The van der Waals surface area contributed by atoms with Crippen LogP contribution in [0.1, 0.15) is 0 Å². The molecule has 0 heterocycles. The van der Waals surface area contributed by atoms with Crippen molar-refractivity contribution < 1.29 is 4.52 Å². The first-order valence-corrected chi connectivity index (χ1v) is 6.96. The van der Waals surface area contributed by atoms with Gasteiger partial charge in [0.1, 0.15) is 5.75 Å². The Kier molecular flexibility index (Phi) is 3.80. The van der Waals surface area contributed by atoms with Crippen molar-refractivity contribution in [3.63, 3.8) is 0 Å². The van der Waals surface area contributed by atoms with Crippen LogP contribution in [0, 0.1) is 0 Å². The van der Waals surface area contributed by atoms with Crippen LogP contribution in [0.25, 0.3) is 22.3 Å². The van der Waals surface area contributed by atoms with Crippen LogP contribution in [-0.2, 0) is 0 Å². The van der Waals surface area contributed by atoms with Gasteiger partial charge in [-0.1, -0.05) is 66.7 Å². The van der Waals surface area contributed by atoms with E-state index in [-0.39, 0.29) is 0 Å². The van der Waals surface area contributed by atoms with E-state index in [2.05, 4.69) is 70.1 Å². The summed E-state index contributed by atoms with van der Waals surface area (Å²) in [7, 11) is 2.26. The van der Waals surface area contributed by atoms with E-state index in [9.17, 15) is 0 Å². The number of hydrogen-bond acceptors (Lipinski definition) is 1. The highest BCUT2D eigenvalue weighted by Gasteiger charge is 2.00. The molecule has 0 spiro atoms. The molecule has 0 fully saturated rings. The first kappa shape index (κ1) is 12.9. The molecule has 2 heteroatoms. The summed E-state index contributed by atoms with van der Waals surface area (Å²) in [4.78, 5) is 0. The lowest BCUT2D eigenvalue weighted by molar-refractivity contribution is 0.646. The summed E-state index contributed by atoms with van der Waals surface area (Å²) in [6, 6.07) is 27.1. The molecule has 1 atom stereocenters. The normalized spacial score (nSPS) is 10.2. The highest BCUT2D eigenvalue weighted by molar-refractivity contribution is 7.10. The molecule has 98 valence electrons. The van der Waals surface area contributed by atoms with E-state index in [0.717, 1.165) is 5.75 Å². The molecular weight excluding hydrogens is 263 g/mol. The van der Waals surface area contributed by atoms with E-state index < -0.39 is 0 Å². The van der Waals surface area contributed by atoms with Crippen LogP contribution in [0.3, 0.4) is 0 Å². The van der Waals surface area contributed by atoms with Crippen molar-refractivity contribution in [1.82, 2.24) is 0 Å². The van der Waals surface area contributed by atoms with Crippen molar-refractivity contribution in [2.45, 2.75) is 0 Å². The summed E-state index contributed by atoms with van der Waals surface area (Å²) in [5.41, 5.74) is 4.88. The molecule has 1 nitrogen and oxygen atoms in total. The fourth-order valence-electron chi connectivity index (χ4n) is 2.21. The van der Waals surface area contributed by atoms with Gasteiger partial charge >= 0.3 is 0 Å². The second-order valence-electron chi connectivity index (χ2n) is 4.59. The molecule has 0 aromatic heterocycles. The van der Waals surface area contributed by atoms with Crippen LogP contribution in [0.5, 0.6) is 5.75 Å². The maximum Gasteiger partial charge on any atom is 0.122 e. The van der Waals surface area contributed by atoms with Crippen molar-refractivity contribution in [2.24, 2.45) is 0 Å². The van der Waals surface area contributed by atoms with Gasteiger partial charge in [-0.25, -0.2) is 0 Å². The van der Waals surface area contributed by atoms with Gasteiger partial charge in [0.05, 0.1) is 9.47 Å². The predicted octanol–water partition coefficient (Wildman–Crippen LogP) is 5.19. The van der Waals surface area contributed by atoms with Gasteiger partial charge in [-0.3, -0.25) is 0 Å². The van der Waals surface area contributed by atoms with E-state index in [1.807, 2.05) is 18.2 Å². The molecule has 0 aliphatic rings. The van der Waals surface area contributed by atoms with Gasteiger partial charge in [0.25, 0.3) is 0 Å². The highest BCUT2D eigenvalue weighted by atomic mass is 31.0. The van der Waals surface area contributed by atoms with Crippen LogP contribution in [-0.4, -0.2) is 0 Å². The van der Waals surface area contributed by atoms with E-state index in [4.69, 9.17) is 4.52 Å². The van der Waals surface area contributed by atoms with E-state index >= 15 is 0 Å². The van der Waals surface area contributed by atoms with Crippen LogP contribution < -0.4 is 4.52 Å². The number of hydrogen-bond donors (Lipinski definition) is 0. The molecule has 0 saturated heterocycles. The molecule has 0 bridgehead atoms. The molecule has 0 radical (unpaired) electrons. The Hall–Kier alpha value is -2.11. The minimum absolute atomic E-state index is 0.847. The zero-order valence-corrected chi connectivity index (χ0v) is 12.1. The fraction of sp³-hybridized carbons (Fsp3) is 0. The summed E-state index contributed by atoms with van der Waals surface area (Å²) in [5, 5.41) is 0. The van der Waals surface area contributed by atoms with Gasteiger partial charge in [-0.2, -0.15) is 0 Å². The molecule has 20 heavy (non-hydrogen) atoms. The third kappa shape index (κ3) is 2.74. The third-order valence-electron chi connectivity index (χ3n) is 3.32. The van der Waals surface area contributed by atoms with E-state index in [0.29, 0.717) is 0 Å². The Morgan fingerprint density at radius 2 is 0.900 bits per heavy atom. The van der Waals surface area contributed by atoms with Crippen LogP contribution >= 0.6 is 9.47 Å². The molecule has 3 aromatic carbocycles. The van der Waals surface area contributed by atoms with Gasteiger partial charge in [0.2, 0.25) is 0 Å². The summed E-state index contributed by atoms with van der Waals surface area (Å²) in [6.45, 7) is 0. The predicted molar refractivity (Wildman–Crippen MR) is 87.7 cm³/mol. The second-order valence-corrected chi connectivity index (χ2v) is 4.82. The zero-order valence-electron chi connectivity index (χ0n) is 11.0. The van der Waals surface area contributed by atoms with Gasteiger partial charge in [-0.15, -0.1) is 0 Å². The Morgan fingerprint density at radius 3 is 1.35 bits per heavy atom. The van der Waals surface area contributed by atoms with Gasteiger partial charge in [-0.05, 0) is 34.4 Å². The first-order chi connectivity index (χ1) is 9.86. The van der Waals surface area contributed by atoms with Gasteiger partial charge < -0.3 is 4.52 Å². The molecule has 0 aliphatic heterocycles. The number of benzene rings is 3. The van der Waals surface area contributed by atoms with Crippen molar-refractivity contribution >= 4 is 9.47 Å². The average Bonchev–Trinajstić information content (AvgIpc) is 2.56. The lowest BCUT2D eigenvalue weighted by Crippen LogP contribution is -1.80. The quantitative estimate of drug-likeness (QED) is 0.599. The molecule has 0 saturated carbocycles. The zero-order chi connectivity index (χ0) is 13.8. The molecule has 0 N–H and O–H groups in total. The van der Waals surface area contributed by atoms with Crippen molar-refractivity contribution in [3.8, 4) is 28.0 Å². The van der Waals surface area contributed by atoms with Crippen molar-refractivity contribution in [3.05, 3.63) is 78.9 Å². The minimum Gasteiger partial charge on any atom is -0.480 e. The SMILES string of the molecule is POc1ccc(-c2ccc(-c3ccccc3)cc2)cc1. The molecule has 3 rings (SSSR count). The van der Waals surface area contributed by atoms with E-state index in [1.165, 1.54) is 22.3 Å². The van der Waals surface area contributed by atoms with Gasteiger partial charge in [0, 0.05) is 0 Å². The molecule has 3 aromatic rings. The summed E-state index contributed by atoms with van der Waals surface area (Å²) in [5.74, 6) is 0.847. The van der Waals surface area contributed by atoms with Crippen molar-refractivity contribution in [2.75, 3.05) is 0 Å². The van der Waals surface area contributed by atoms with Crippen LogP contribution in [0.15, 0.2) is 78.9 Å². The monoisotopic (exact) mass is 278 g/mol. The summed E-state index contributed by atoms with van der Waals surface area (Å²) < 4.78 is 5.10. The Bertz CT molecular complexity index is 673. The van der Waals surface area contributed by atoms with Crippen LogP contribution in [0.4, 0.5) is 0 Å². The second kappa shape index (κ2) is 5.90. The third-order valence-corrected chi connectivity index (χ3v) is 3.59.